The number of nitrogens with zero attached hydrogens (tertiary/aromatic N) is 4. The van der Waals surface area contributed by atoms with Gasteiger partial charge in [-0.1, -0.05) is 42.3 Å². The average molecular weight is 708 g/mol. The average Bonchev–Trinajstić information content (AvgIpc) is 3.15. The first kappa shape index (κ1) is 34.0. The number of amides is 1. The van der Waals surface area contributed by atoms with Crippen LogP contribution < -0.4 is 25.1 Å². The number of pyridine rings is 1. The third-order valence-electron chi connectivity index (χ3n) is 8.79. The fourth-order valence-corrected chi connectivity index (χ4v) is 6.48. The predicted octanol–water partition coefficient (Wildman–Crippen LogP) is 8.03. The maximum Gasteiger partial charge on any atom is 0.287 e. The largest absolute Gasteiger partial charge is 0.493 e. The second-order valence-corrected chi connectivity index (χ2v) is 12.6. The lowest BCUT2D eigenvalue weighted by Gasteiger charge is -2.26. The molecule has 0 saturated carbocycles. The number of ether oxygens (including phenoxy) is 3. The Labute approximate surface area is 298 Å². The van der Waals surface area contributed by atoms with Gasteiger partial charge in [-0.15, -0.1) is 0 Å². The number of methoxy groups -OCH3 is 1. The summed E-state index contributed by atoms with van der Waals surface area (Å²) in [5.74, 6) is -0.199. The smallest absolute Gasteiger partial charge is 0.287 e. The van der Waals surface area contributed by atoms with E-state index in [-0.39, 0.29) is 17.1 Å². The van der Waals surface area contributed by atoms with Crippen molar-refractivity contribution in [2.75, 3.05) is 38.7 Å². The number of piperidine rings is 1. The van der Waals surface area contributed by atoms with Gasteiger partial charge in [-0.2, -0.15) is 0 Å². The Morgan fingerprint density at radius 1 is 0.902 bits per heavy atom. The number of hydrogen-bond donors (Lipinski definition) is 1. The first-order chi connectivity index (χ1) is 24.9. The molecule has 260 valence electrons. The summed E-state index contributed by atoms with van der Waals surface area (Å²) in [4.78, 5) is 38.4. The molecule has 3 heterocycles. The zero-order valence-electron chi connectivity index (χ0n) is 27.9. The van der Waals surface area contributed by atoms with E-state index in [1.807, 2.05) is 0 Å². The summed E-state index contributed by atoms with van der Waals surface area (Å²) in [6.45, 7) is 3.81. The number of rotatable bonds is 11. The number of nitrogens with one attached hydrogen (secondary N) is 1. The number of carbonyl (C=O) groups excluding carboxylic acids is 1. The number of halogens is 2. The van der Waals surface area contributed by atoms with E-state index in [2.05, 4.69) is 20.2 Å². The Morgan fingerprint density at radius 3 is 2.51 bits per heavy atom. The highest BCUT2D eigenvalue weighted by atomic mass is 35.5. The number of hydrogen-bond acceptors (Lipinski definition) is 8. The van der Waals surface area contributed by atoms with Gasteiger partial charge in [-0.25, -0.2) is 9.37 Å². The fraction of sp³-hybridized carbons (Fsp3) is 0.231. The number of likely N-dealkylation sites (tertiary alicyclic amines) is 1. The van der Waals surface area contributed by atoms with Crippen LogP contribution in [-0.2, 0) is 0 Å². The SMILES string of the molecule is COc1cc2c(Oc3ccc(NC(=O)c4nc5ccccc5n(-c5ccccc5Cl)c4=O)cc3F)ccnc2cc1OCCCN1CCCCC1. The summed E-state index contributed by atoms with van der Waals surface area (Å²) in [5.41, 5.74) is 0.929. The van der Waals surface area contributed by atoms with Crippen molar-refractivity contribution in [3.05, 3.63) is 118 Å². The lowest BCUT2D eigenvalue weighted by atomic mass is 10.1. The number of anilines is 1. The van der Waals surface area contributed by atoms with Crippen LogP contribution in [0.15, 0.2) is 95.9 Å². The maximum atomic E-state index is 15.5. The molecule has 4 aromatic carbocycles. The molecule has 1 fully saturated rings. The normalized spacial score (nSPS) is 13.3. The van der Waals surface area contributed by atoms with Gasteiger partial charge in [-0.05, 0) is 80.9 Å². The van der Waals surface area contributed by atoms with Crippen LogP contribution >= 0.6 is 11.6 Å². The molecule has 10 nitrogen and oxygen atoms in total. The first-order valence-electron chi connectivity index (χ1n) is 16.8. The van der Waals surface area contributed by atoms with Crippen molar-refractivity contribution in [1.82, 2.24) is 19.4 Å². The Kier molecular flexibility index (Phi) is 10.1. The van der Waals surface area contributed by atoms with E-state index in [1.54, 1.807) is 80.0 Å². The lowest BCUT2D eigenvalue weighted by Crippen LogP contribution is -2.31. The molecule has 51 heavy (non-hydrogen) atoms. The van der Waals surface area contributed by atoms with Crippen LogP contribution in [0.5, 0.6) is 23.0 Å². The molecule has 12 heteroatoms. The number of fused-ring (bicyclic) bond motifs is 2. The minimum atomic E-state index is -0.809. The van der Waals surface area contributed by atoms with E-state index in [4.69, 9.17) is 25.8 Å². The van der Waals surface area contributed by atoms with Crippen molar-refractivity contribution in [3.63, 3.8) is 0 Å². The van der Waals surface area contributed by atoms with Crippen molar-refractivity contribution >= 4 is 45.1 Å². The van der Waals surface area contributed by atoms with Gasteiger partial charge in [0.1, 0.15) is 5.75 Å². The molecule has 1 aliphatic heterocycles. The van der Waals surface area contributed by atoms with Crippen LogP contribution in [0.1, 0.15) is 36.2 Å². The molecule has 0 unspecified atom stereocenters. The monoisotopic (exact) mass is 707 g/mol. The lowest BCUT2D eigenvalue weighted by molar-refractivity contribution is 0.102. The minimum absolute atomic E-state index is 0.0811. The van der Waals surface area contributed by atoms with Gasteiger partial charge >= 0.3 is 0 Å². The van der Waals surface area contributed by atoms with Crippen molar-refractivity contribution in [2.24, 2.45) is 0 Å². The topological polar surface area (TPSA) is 108 Å². The van der Waals surface area contributed by atoms with Gasteiger partial charge in [0.05, 0.1) is 41.0 Å². The third kappa shape index (κ3) is 7.35. The molecule has 0 aliphatic carbocycles. The highest BCUT2D eigenvalue weighted by molar-refractivity contribution is 6.32. The Morgan fingerprint density at radius 2 is 1.71 bits per heavy atom. The van der Waals surface area contributed by atoms with Gasteiger partial charge in [0.2, 0.25) is 0 Å². The molecule has 1 amide bonds. The highest BCUT2D eigenvalue weighted by Gasteiger charge is 2.21. The molecule has 6 aromatic rings. The molecule has 1 saturated heterocycles. The summed E-state index contributed by atoms with van der Waals surface area (Å²) in [5, 5.41) is 3.52. The molecular formula is C39H35ClFN5O5. The number of para-hydroxylation sites is 3. The van der Waals surface area contributed by atoms with Crippen LogP contribution in [0.4, 0.5) is 10.1 Å². The highest BCUT2D eigenvalue weighted by Crippen LogP contribution is 2.38. The zero-order chi connectivity index (χ0) is 35.3. The minimum Gasteiger partial charge on any atom is -0.493 e. The quantitative estimate of drug-likeness (QED) is 0.135. The standard InChI is InChI=1S/C39H35ClFN5O5/c1-49-35-23-26-30(24-36(35)50-21-9-20-45-18-7-2-8-19-45)42-17-16-33(26)51-34-15-14-25(22-28(34)41)43-38(47)37-39(48)46(31-12-5-3-10-27(31)40)32-13-6-4-11-29(32)44-37/h3-6,10-17,22-24H,2,7-9,18-21H2,1H3,(H,43,47). The molecular weight excluding hydrogens is 673 g/mol. The summed E-state index contributed by atoms with van der Waals surface area (Å²) in [6, 6.07) is 22.9. The van der Waals surface area contributed by atoms with Crippen LogP contribution in [0.2, 0.25) is 5.02 Å². The van der Waals surface area contributed by atoms with E-state index in [0.717, 1.165) is 32.1 Å². The Bertz CT molecular complexity index is 2290. The second kappa shape index (κ2) is 15.2. The molecule has 1 N–H and O–H groups in total. The van der Waals surface area contributed by atoms with E-state index >= 15 is 4.39 Å². The Hall–Kier alpha value is -5.52. The van der Waals surface area contributed by atoms with Crippen LogP contribution in [0.3, 0.4) is 0 Å². The van der Waals surface area contributed by atoms with E-state index in [0.29, 0.717) is 56.5 Å². The van der Waals surface area contributed by atoms with Gasteiger partial charge in [0, 0.05) is 35.9 Å². The van der Waals surface area contributed by atoms with Crippen LogP contribution in [0, 0.1) is 5.82 Å². The third-order valence-corrected chi connectivity index (χ3v) is 9.11. The second-order valence-electron chi connectivity index (χ2n) is 12.2. The van der Waals surface area contributed by atoms with Crippen LogP contribution in [-0.4, -0.2) is 58.7 Å². The summed E-state index contributed by atoms with van der Waals surface area (Å²) >= 11 is 6.43. The van der Waals surface area contributed by atoms with Crippen LogP contribution in [0.25, 0.3) is 27.6 Å². The van der Waals surface area contributed by atoms with Gasteiger partial charge in [0.15, 0.2) is 28.8 Å². The molecule has 1 aliphatic rings. The van der Waals surface area contributed by atoms with E-state index in [1.165, 1.54) is 36.0 Å². The molecule has 0 atom stereocenters. The van der Waals surface area contributed by atoms with Crippen molar-refractivity contribution in [1.29, 1.82) is 0 Å². The van der Waals surface area contributed by atoms with E-state index < -0.39 is 17.3 Å². The Balaban J connectivity index is 1.09. The number of aromatic nitrogens is 3. The number of carbonyl (C=O) groups is 1. The summed E-state index contributed by atoms with van der Waals surface area (Å²) < 4.78 is 34.5. The molecule has 0 radical (unpaired) electrons. The van der Waals surface area contributed by atoms with Gasteiger partial charge < -0.3 is 24.4 Å². The summed E-state index contributed by atoms with van der Waals surface area (Å²) in [7, 11) is 1.56. The molecule has 7 rings (SSSR count). The van der Waals surface area contributed by atoms with Gasteiger partial charge in [0.25, 0.3) is 11.5 Å². The first-order valence-corrected chi connectivity index (χ1v) is 17.1. The van der Waals surface area contributed by atoms with Crippen molar-refractivity contribution < 1.29 is 23.4 Å². The van der Waals surface area contributed by atoms with Crippen molar-refractivity contribution in [2.45, 2.75) is 25.7 Å². The fourth-order valence-electron chi connectivity index (χ4n) is 6.26. The summed E-state index contributed by atoms with van der Waals surface area (Å²) in [6.07, 6.45) is 6.27. The van der Waals surface area contributed by atoms with Crippen molar-refractivity contribution in [3.8, 4) is 28.7 Å². The van der Waals surface area contributed by atoms with E-state index in [9.17, 15) is 9.59 Å². The number of benzene rings is 4. The molecule has 0 bridgehead atoms. The zero-order valence-corrected chi connectivity index (χ0v) is 28.7. The predicted molar refractivity (Wildman–Crippen MR) is 195 cm³/mol. The molecule has 2 aromatic heterocycles. The van der Waals surface area contributed by atoms with Gasteiger partial charge in [-0.3, -0.25) is 19.1 Å². The molecule has 0 spiro atoms. The maximum absolute atomic E-state index is 15.5.